The van der Waals surface area contributed by atoms with Crippen LogP contribution in [-0.2, 0) is 9.53 Å². The number of carbonyl (C=O) groups excluding carboxylic acids is 1. The molecule has 2 aliphatic rings. The third kappa shape index (κ3) is 9.11. The Morgan fingerprint density at radius 2 is 1.36 bits per heavy atom. The maximum atomic E-state index is 12.0. The minimum atomic E-state index is 0.0627. The molecule has 0 aromatic heterocycles. The fourth-order valence-electron chi connectivity index (χ4n) is 4.81. The van der Waals surface area contributed by atoms with E-state index < -0.39 is 0 Å². The Balaban J connectivity index is 1.45. The highest BCUT2D eigenvalue weighted by molar-refractivity contribution is 5.69. The second-order valence-electron chi connectivity index (χ2n) is 8.73. The fraction of sp³-hybridized carbons (Fsp3) is 0.957. The molecule has 0 unspecified atom stereocenters. The van der Waals surface area contributed by atoms with Gasteiger partial charge in [-0.25, -0.2) is 0 Å². The lowest BCUT2D eigenvalue weighted by Crippen LogP contribution is -2.21. The van der Waals surface area contributed by atoms with Crippen molar-refractivity contribution in [3.63, 3.8) is 0 Å². The number of hydrogen-bond donors (Lipinski definition) is 0. The molecule has 0 aliphatic heterocycles. The fourth-order valence-corrected chi connectivity index (χ4v) is 4.81. The molecule has 0 radical (unpaired) electrons. The average molecular weight is 351 g/mol. The molecule has 0 aromatic rings. The lowest BCUT2D eigenvalue weighted by molar-refractivity contribution is -0.150. The highest BCUT2D eigenvalue weighted by Crippen LogP contribution is 2.34. The van der Waals surface area contributed by atoms with E-state index in [0.29, 0.717) is 6.42 Å². The van der Waals surface area contributed by atoms with Crippen LogP contribution in [0.1, 0.15) is 122 Å². The topological polar surface area (TPSA) is 26.3 Å². The first-order valence-electron chi connectivity index (χ1n) is 11.5. The minimum absolute atomic E-state index is 0.0627. The number of rotatable bonds is 11. The van der Waals surface area contributed by atoms with Crippen molar-refractivity contribution in [3.8, 4) is 0 Å². The zero-order valence-electron chi connectivity index (χ0n) is 16.8. The number of esters is 1. The Morgan fingerprint density at radius 1 is 0.760 bits per heavy atom. The number of ether oxygens (including phenoxy) is 1. The normalized spacial score (nSPS) is 25.0. The highest BCUT2D eigenvalue weighted by Gasteiger charge is 2.21. The van der Waals surface area contributed by atoms with Gasteiger partial charge in [0.2, 0.25) is 0 Å². The van der Waals surface area contributed by atoms with Crippen LogP contribution in [0.25, 0.3) is 0 Å². The van der Waals surface area contributed by atoms with Gasteiger partial charge in [-0.15, -0.1) is 0 Å². The molecule has 2 nitrogen and oxygen atoms in total. The van der Waals surface area contributed by atoms with Crippen molar-refractivity contribution in [1.29, 1.82) is 0 Å². The summed E-state index contributed by atoms with van der Waals surface area (Å²) in [5.41, 5.74) is 0. The van der Waals surface area contributed by atoms with Gasteiger partial charge in [-0.1, -0.05) is 77.6 Å². The van der Waals surface area contributed by atoms with Crippen molar-refractivity contribution in [3.05, 3.63) is 0 Å². The zero-order chi connectivity index (χ0) is 17.7. The van der Waals surface area contributed by atoms with Crippen molar-refractivity contribution < 1.29 is 9.53 Å². The number of carbonyl (C=O) groups is 1. The summed E-state index contributed by atoms with van der Waals surface area (Å²) in [7, 11) is 0. The Bertz CT molecular complexity index is 338. The molecule has 2 saturated carbocycles. The molecule has 0 aromatic carbocycles. The average Bonchev–Trinajstić information content (AvgIpc) is 2.63. The monoisotopic (exact) mass is 350 g/mol. The third-order valence-electron chi connectivity index (χ3n) is 6.53. The predicted octanol–water partition coefficient (Wildman–Crippen LogP) is 7.20. The lowest BCUT2D eigenvalue weighted by atomic mass is 9.78. The van der Waals surface area contributed by atoms with Crippen molar-refractivity contribution in [2.45, 2.75) is 129 Å². The molecule has 0 spiro atoms. The van der Waals surface area contributed by atoms with Gasteiger partial charge in [0.15, 0.2) is 0 Å². The van der Waals surface area contributed by atoms with Gasteiger partial charge in [-0.05, 0) is 50.4 Å². The number of hydrogen-bond acceptors (Lipinski definition) is 2. The van der Waals surface area contributed by atoms with E-state index in [0.717, 1.165) is 31.1 Å². The van der Waals surface area contributed by atoms with E-state index in [1.807, 2.05) is 0 Å². The summed E-state index contributed by atoms with van der Waals surface area (Å²) in [6.07, 6.45) is 23.3. The molecule has 146 valence electrons. The molecule has 0 saturated heterocycles. The maximum absolute atomic E-state index is 12.0. The molecular formula is C23H42O2. The Labute approximate surface area is 156 Å². The molecule has 0 heterocycles. The first-order chi connectivity index (χ1) is 12.3. The van der Waals surface area contributed by atoms with Gasteiger partial charge in [0.1, 0.15) is 6.10 Å². The predicted molar refractivity (Wildman–Crippen MR) is 106 cm³/mol. The zero-order valence-corrected chi connectivity index (χ0v) is 16.8. The van der Waals surface area contributed by atoms with Crippen LogP contribution in [0.15, 0.2) is 0 Å². The van der Waals surface area contributed by atoms with E-state index in [2.05, 4.69) is 6.92 Å². The van der Waals surface area contributed by atoms with Gasteiger partial charge in [-0.2, -0.15) is 0 Å². The van der Waals surface area contributed by atoms with Crippen LogP contribution in [0.3, 0.4) is 0 Å². The van der Waals surface area contributed by atoms with Crippen LogP contribution in [0, 0.1) is 11.8 Å². The van der Waals surface area contributed by atoms with E-state index >= 15 is 0 Å². The van der Waals surface area contributed by atoms with Crippen molar-refractivity contribution in [1.82, 2.24) is 0 Å². The maximum Gasteiger partial charge on any atom is 0.306 e. The summed E-state index contributed by atoms with van der Waals surface area (Å²) in [5.74, 6) is 1.93. The second-order valence-corrected chi connectivity index (χ2v) is 8.73. The minimum Gasteiger partial charge on any atom is -0.462 e. The smallest absolute Gasteiger partial charge is 0.306 e. The van der Waals surface area contributed by atoms with E-state index in [9.17, 15) is 4.79 Å². The molecule has 0 atom stereocenters. The quantitative estimate of drug-likeness (QED) is 0.291. The van der Waals surface area contributed by atoms with Gasteiger partial charge >= 0.3 is 5.97 Å². The molecule has 25 heavy (non-hydrogen) atoms. The SMILES string of the molecule is CCCCCCCC1CCC(CCCC(=O)OC2CCCCC2)CC1. The lowest BCUT2D eigenvalue weighted by Gasteiger charge is -2.28. The molecular weight excluding hydrogens is 308 g/mol. The van der Waals surface area contributed by atoms with Crippen LogP contribution in [0.2, 0.25) is 0 Å². The van der Waals surface area contributed by atoms with Gasteiger partial charge in [-0.3, -0.25) is 4.79 Å². The Morgan fingerprint density at radius 3 is 2.00 bits per heavy atom. The molecule has 2 fully saturated rings. The third-order valence-corrected chi connectivity index (χ3v) is 6.53. The summed E-state index contributed by atoms with van der Waals surface area (Å²) in [5, 5.41) is 0. The summed E-state index contributed by atoms with van der Waals surface area (Å²) in [6.45, 7) is 2.29. The Kier molecular flexibility index (Phi) is 10.6. The van der Waals surface area contributed by atoms with Gasteiger partial charge in [0, 0.05) is 6.42 Å². The molecule has 0 N–H and O–H groups in total. The van der Waals surface area contributed by atoms with Crippen molar-refractivity contribution in [2.75, 3.05) is 0 Å². The van der Waals surface area contributed by atoms with E-state index in [-0.39, 0.29) is 12.1 Å². The van der Waals surface area contributed by atoms with E-state index in [1.165, 1.54) is 89.9 Å². The van der Waals surface area contributed by atoms with Crippen LogP contribution in [0.4, 0.5) is 0 Å². The summed E-state index contributed by atoms with van der Waals surface area (Å²) in [4.78, 5) is 12.0. The van der Waals surface area contributed by atoms with Gasteiger partial charge in [0.05, 0.1) is 0 Å². The molecule has 0 amide bonds. The molecule has 0 bridgehead atoms. The van der Waals surface area contributed by atoms with E-state index in [1.54, 1.807) is 0 Å². The Hall–Kier alpha value is -0.530. The largest absolute Gasteiger partial charge is 0.462 e. The number of unbranched alkanes of at least 4 members (excludes halogenated alkanes) is 4. The second kappa shape index (κ2) is 12.8. The molecule has 2 heteroatoms. The molecule has 2 rings (SSSR count). The summed E-state index contributed by atoms with van der Waals surface area (Å²) >= 11 is 0. The highest BCUT2D eigenvalue weighted by atomic mass is 16.5. The van der Waals surface area contributed by atoms with Gasteiger partial charge < -0.3 is 4.74 Å². The van der Waals surface area contributed by atoms with Crippen LogP contribution >= 0.6 is 0 Å². The first-order valence-corrected chi connectivity index (χ1v) is 11.5. The van der Waals surface area contributed by atoms with Crippen LogP contribution in [0.5, 0.6) is 0 Å². The molecule has 2 aliphatic carbocycles. The van der Waals surface area contributed by atoms with Crippen LogP contribution < -0.4 is 0 Å². The first kappa shape index (κ1) is 20.8. The van der Waals surface area contributed by atoms with Gasteiger partial charge in [0.25, 0.3) is 0 Å². The van der Waals surface area contributed by atoms with Crippen molar-refractivity contribution >= 4 is 5.97 Å². The summed E-state index contributed by atoms with van der Waals surface area (Å²) < 4.78 is 5.63. The van der Waals surface area contributed by atoms with E-state index in [4.69, 9.17) is 4.74 Å². The standard InChI is InChI=1S/C23H42O2/c1-2-3-4-5-7-11-20-16-18-21(19-17-20)12-10-15-23(24)25-22-13-8-6-9-14-22/h20-22H,2-19H2,1H3. The van der Waals surface area contributed by atoms with Crippen molar-refractivity contribution in [2.24, 2.45) is 11.8 Å². The van der Waals surface area contributed by atoms with Crippen LogP contribution in [-0.4, -0.2) is 12.1 Å². The summed E-state index contributed by atoms with van der Waals surface area (Å²) in [6, 6.07) is 0.